The number of hydrazine groups is 1. The van der Waals surface area contributed by atoms with Crippen LogP contribution in [0.4, 0.5) is 11.5 Å². The number of hydrogen-bond donors (Lipinski definition) is 2. The number of nitrogens with two attached hydrogens (primary N) is 1. The van der Waals surface area contributed by atoms with Gasteiger partial charge in [-0.25, -0.2) is 10.4 Å². The number of ether oxygens (including phenoxy) is 1. The van der Waals surface area contributed by atoms with Crippen LogP contribution in [0.25, 0.3) is 22.3 Å². The maximum atomic E-state index is 6.06. The molecule has 0 bridgehead atoms. The van der Waals surface area contributed by atoms with Gasteiger partial charge in [0.05, 0.1) is 42.2 Å². The maximum Gasteiger partial charge on any atom is 0.148 e. The fraction of sp³-hybridized carbons (Fsp3) is 0.304. The van der Waals surface area contributed by atoms with Gasteiger partial charge >= 0.3 is 0 Å². The van der Waals surface area contributed by atoms with Crippen molar-refractivity contribution in [1.82, 2.24) is 20.4 Å². The highest BCUT2D eigenvalue weighted by Gasteiger charge is 2.28. The van der Waals surface area contributed by atoms with E-state index in [1.165, 1.54) is 5.57 Å². The second kappa shape index (κ2) is 7.59. The van der Waals surface area contributed by atoms with Crippen LogP contribution in [-0.2, 0) is 4.74 Å². The predicted molar refractivity (Wildman–Crippen MR) is 121 cm³/mol. The van der Waals surface area contributed by atoms with Gasteiger partial charge in [-0.15, -0.1) is 0 Å². The summed E-state index contributed by atoms with van der Waals surface area (Å²) in [5.41, 5.74) is 16.7. The normalized spacial score (nSPS) is 19.7. The molecule has 2 aliphatic rings. The predicted octanol–water partition coefficient (Wildman–Crippen LogP) is 2.76. The molecule has 1 aromatic heterocycles. The first kappa shape index (κ1) is 18.8. The van der Waals surface area contributed by atoms with Crippen molar-refractivity contribution in [1.29, 1.82) is 0 Å². The molecule has 3 heterocycles. The third-order valence-corrected chi connectivity index (χ3v) is 5.75. The molecule has 0 radical (unpaired) electrons. The monoisotopic (exact) mass is 402 g/mol. The van der Waals surface area contributed by atoms with E-state index >= 15 is 0 Å². The summed E-state index contributed by atoms with van der Waals surface area (Å²) in [6.07, 6.45) is 1.86. The molecule has 1 unspecified atom stereocenters. The first-order valence-corrected chi connectivity index (χ1v) is 10.3. The number of fused-ring (bicyclic) bond motifs is 1. The standard InChI is InChI=1S/C23H26N6O/c1-15-22(23(28(2)27-15)17-4-3-5-18(24)12-17)16-6-7-19-20(13-16)26-21(14-25-19)29-8-10-30-11-9-29/h3-7,12-15,27H,8-11,24H2,1-2H3. The summed E-state index contributed by atoms with van der Waals surface area (Å²) in [7, 11) is 2.04. The molecule has 1 fully saturated rings. The molecule has 154 valence electrons. The molecule has 7 heteroatoms. The Hall–Kier alpha value is -3.16. The summed E-state index contributed by atoms with van der Waals surface area (Å²) < 4.78 is 5.46. The quantitative estimate of drug-likeness (QED) is 0.652. The van der Waals surface area contributed by atoms with Crippen molar-refractivity contribution in [3.63, 3.8) is 0 Å². The van der Waals surface area contributed by atoms with Crippen LogP contribution >= 0.6 is 0 Å². The van der Waals surface area contributed by atoms with E-state index in [0.29, 0.717) is 0 Å². The molecule has 0 amide bonds. The molecule has 0 aliphatic carbocycles. The summed E-state index contributed by atoms with van der Waals surface area (Å²) in [5.74, 6) is 0.905. The van der Waals surface area contributed by atoms with Gasteiger partial charge in [0.25, 0.3) is 0 Å². The van der Waals surface area contributed by atoms with Crippen molar-refractivity contribution in [2.45, 2.75) is 13.0 Å². The number of aromatic nitrogens is 2. The molecule has 1 atom stereocenters. The number of rotatable bonds is 3. The molecule has 2 aliphatic heterocycles. The molecule has 5 rings (SSSR count). The zero-order valence-corrected chi connectivity index (χ0v) is 17.3. The molecule has 1 saturated heterocycles. The summed E-state index contributed by atoms with van der Waals surface area (Å²) in [4.78, 5) is 11.8. The fourth-order valence-corrected chi connectivity index (χ4v) is 4.34. The largest absolute Gasteiger partial charge is 0.399 e. The second-order valence-corrected chi connectivity index (χ2v) is 7.83. The van der Waals surface area contributed by atoms with Gasteiger partial charge in [-0.1, -0.05) is 18.2 Å². The molecule has 2 aromatic carbocycles. The average Bonchev–Trinajstić information content (AvgIpc) is 3.07. The van der Waals surface area contributed by atoms with Crippen LogP contribution in [0.3, 0.4) is 0 Å². The average molecular weight is 403 g/mol. The van der Waals surface area contributed by atoms with Crippen LogP contribution in [0.5, 0.6) is 0 Å². The van der Waals surface area contributed by atoms with Gasteiger partial charge in [0.2, 0.25) is 0 Å². The van der Waals surface area contributed by atoms with E-state index in [9.17, 15) is 0 Å². The highest BCUT2D eigenvalue weighted by Crippen LogP contribution is 2.36. The van der Waals surface area contributed by atoms with Crippen LogP contribution in [0.15, 0.2) is 48.7 Å². The van der Waals surface area contributed by atoms with Crippen LogP contribution in [0, 0.1) is 0 Å². The Morgan fingerprint density at radius 2 is 1.90 bits per heavy atom. The number of benzene rings is 2. The molecule has 3 N–H and O–H groups in total. The number of nitrogens with one attached hydrogen (secondary N) is 1. The van der Waals surface area contributed by atoms with E-state index < -0.39 is 0 Å². The van der Waals surface area contributed by atoms with E-state index in [0.717, 1.165) is 65.7 Å². The van der Waals surface area contributed by atoms with E-state index in [4.69, 9.17) is 15.5 Å². The maximum absolute atomic E-state index is 6.06. The van der Waals surface area contributed by atoms with Crippen LogP contribution in [-0.4, -0.2) is 54.4 Å². The highest BCUT2D eigenvalue weighted by atomic mass is 16.5. The Labute approximate surface area is 176 Å². The number of nitrogen functional groups attached to an aromatic ring is 1. The number of hydrogen-bond acceptors (Lipinski definition) is 7. The Kier molecular flexibility index (Phi) is 4.77. The van der Waals surface area contributed by atoms with Crippen molar-refractivity contribution in [3.8, 4) is 0 Å². The lowest BCUT2D eigenvalue weighted by atomic mass is 9.95. The zero-order chi connectivity index (χ0) is 20.7. The van der Waals surface area contributed by atoms with Gasteiger partial charge in [0.15, 0.2) is 0 Å². The van der Waals surface area contributed by atoms with Gasteiger partial charge in [0.1, 0.15) is 5.82 Å². The van der Waals surface area contributed by atoms with E-state index in [2.05, 4.69) is 51.5 Å². The van der Waals surface area contributed by atoms with Crippen molar-refractivity contribution < 1.29 is 4.74 Å². The number of nitrogens with zero attached hydrogens (tertiary/aromatic N) is 4. The van der Waals surface area contributed by atoms with Crippen LogP contribution in [0.1, 0.15) is 18.1 Å². The molecule has 7 nitrogen and oxygen atoms in total. The Morgan fingerprint density at radius 3 is 2.70 bits per heavy atom. The molecular formula is C23H26N6O. The Balaban J connectivity index is 1.61. The van der Waals surface area contributed by atoms with Gasteiger partial charge in [-0.2, -0.15) is 0 Å². The Bertz CT molecular complexity index is 1120. The SMILES string of the molecule is CC1NN(C)C(c2cccc(N)c2)=C1c1ccc2ncc(N3CCOCC3)nc2c1. The minimum Gasteiger partial charge on any atom is -0.399 e. The topological polar surface area (TPSA) is 79.5 Å². The first-order valence-electron chi connectivity index (χ1n) is 10.3. The van der Waals surface area contributed by atoms with Gasteiger partial charge in [-0.05, 0) is 36.8 Å². The lowest BCUT2D eigenvalue weighted by Gasteiger charge is -2.27. The van der Waals surface area contributed by atoms with Crippen LogP contribution < -0.4 is 16.1 Å². The molecule has 0 saturated carbocycles. The van der Waals surface area contributed by atoms with Crippen LogP contribution in [0.2, 0.25) is 0 Å². The molecule has 0 spiro atoms. The minimum absolute atomic E-state index is 0.166. The van der Waals surface area contributed by atoms with E-state index in [1.807, 2.05) is 31.4 Å². The molecule has 3 aromatic rings. The van der Waals surface area contributed by atoms with E-state index in [1.54, 1.807) is 0 Å². The smallest absolute Gasteiger partial charge is 0.148 e. The lowest BCUT2D eigenvalue weighted by molar-refractivity contribution is 0.122. The fourth-order valence-electron chi connectivity index (χ4n) is 4.34. The van der Waals surface area contributed by atoms with E-state index in [-0.39, 0.29) is 6.04 Å². The zero-order valence-electron chi connectivity index (χ0n) is 17.3. The van der Waals surface area contributed by atoms with Crippen molar-refractivity contribution in [2.24, 2.45) is 0 Å². The third kappa shape index (κ3) is 3.36. The van der Waals surface area contributed by atoms with Crippen molar-refractivity contribution in [3.05, 3.63) is 59.8 Å². The Morgan fingerprint density at radius 1 is 1.07 bits per heavy atom. The summed E-state index contributed by atoms with van der Waals surface area (Å²) >= 11 is 0. The summed E-state index contributed by atoms with van der Waals surface area (Å²) in [6, 6.07) is 14.5. The lowest BCUT2D eigenvalue weighted by Crippen LogP contribution is -2.36. The third-order valence-electron chi connectivity index (χ3n) is 5.75. The molecular weight excluding hydrogens is 376 g/mol. The van der Waals surface area contributed by atoms with Gasteiger partial charge in [-0.3, -0.25) is 4.98 Å². The minimum atomic E-state index is 0.166. The summed E-state index contributed by atoms with van der Waals surface area (Å²) in [6.45, 7) is 5.31. The number of anilines is 2. The number of morpholine rings is 1. The van der Waals surface area contributed by atoms with Gasteiger partial charge in [0, 0.05) is 37.0 Å². The second-order valence-electron chi connectivity index (χ2n) is 7.83. The van der Waals surface area contributed by atoms with Crippen molar-refractivity contribution >= 4 is 33.8 Å². The first-order chi connectivity index (χ1) is 14.6. The van der Waals surface area contributed by atoms with Gasteiger partial charge < -0.3 is 20.4 Å². The highest BCUT2D eigenvalue weighted by molar-refractivity contribution is 5.96. The molecule has 30 heavy (non-hydrogen) atoms. The summed E-state index contributed by atoms with van der Waals surface area (Å²) in [5, 5.41) is 2.08. The van der Waals surface area contributed by atoms with Crippen molar-refractivity contribution in [2.75, 3.05) is 44.0 Å².